The van der Waals surface area contributed by atoms with Crippen LogP contribution in [-0.2, 0) is 11.8 Å². The number of phenols is 1. The van der Waals surface area contributed by atoms with Gasteiger partial charge in [0.15, 0.2) is 11.2 Å². The number of aromatic hydroxyl groups is 1. The highest BCUT2D eigenvalue weighted by atomic mass is 16.5. The smallest absolute Gasteiger partial charge is 0.259 e. The van der Waals surface area contributed by atoms with Crippen LogP contribution in [-0.4, -0.2) is 27.4 Å². The van der Waals surface area contributed by atoms with Crippen molar-refractivity contribution in [3.05, 3.63) is 108 Å². The van der Waals surface area contributed by atoms with E-state index in [-0.39, 0.29) is 23.8 Å². The maximum atomic E-state index is 13.4. The number of aliphatic hydroxyl groups is 2. The summed E-state index contributed by atoms with van der Waals surface area (Å²) in [4.78, 5) is 67.1. The Balaban J connectivity index is 1.88. The Hall–Kier alpha value is -4.73. The zero-order valence-corrected chi connectivity index (χ0v) is 18.0. The van der Waals surface area contributed by atoms with Gasteiger partial charge in [-0.25, -0.2) is 0 Å². The highest BCUT2D eigenvalue weighted by Crippen LogP contribution is 2.53. The third-order valence-corrected chi connectivity index (χ3v) is 7.18. The number of aryl methyl sites for hydroxylation is 1. The van der Waals surface area contributed by atoms with E-state index in [0.29, 0.717) is 10.9 Å². The van der Waals surface area contributed by atoms with Gasteiger partial charge in [0.25, 0.3) is 5.56 Å². The number of pyridine rings is 1. The average Bonchev–Trinajstić information content (AvgIpc) is 3.31. The number of aromatic amines is 1. The van der Waals surface area contributed by atoms with Crippen molar-refractivity contribution >= 4 is 22.3 Å². The van der Waals surface area contributed by atoms with Crippen molar-refractivity contribution in [3.63, 3.8) is 0 Å². The number of hydrogen-bond acceptors (Lipinski definition) is 9. The van der Waals surface area contributed by atoms with Crippen LogP contribution in [0, 0.1) is 10.4 Å². The Morgan fingerprint density at radius 2 is 1.54 bits per heavy atom. The van der Waals surface area contributed by atoms with Gasteiger partial charge < -0.3 is 25.0 Å². The highest BCUT2D eigenvalue weighted by Gasteiger charge is 2.53. The van der Waals surface area contributed by atoms with E-state index in [1.165, 1.54) is 6.20 Å². The fraction of sp³-hybridized carbons (Fsp3) is 0.160. The summed E-state index contributed by atoms with van der Waals surface area (Å²) >= 11 is 0. The molecular formula is C25H15NO9. The predicted octanol–water partition coefficient (Wildman–Crippen LogP) is -1.49. The molecule has 0 saturated carbocycles. The van der Waals surface area contributed by atoms with Gasteiger partial charge in [0, 0.05) is 17.8 Å². The molecule has 1 aromatic carbocycles. The molecule has 1 atom stereocenters. The van der Waals surface area contributed by atoms with E-state index in [4.69, 9.17) is 4.74 Å². The van der Waals surface area contributed by atoms with Crippen LogP contribution in [0.3, 0.4) is 0 Å². The SMILES string of the molecule is COc1cc(=O)c2c(=O)c3c(c(=O)c=2c1=O)=C(O)C1(CCc2cc4cc[nH]c(=O)c4c(O)c21)C=3O. The average molecular weight is 473 g/mol. The van der Waals surface area contributed by atoms with Gasteiger partial charge in [0.1, 0.15) is 22.7 Å². The number of H-pyrrole nitrogens is 1. The third-order valence-electron chi connectivity index (χ3n) is 7.18. The molecule has 0 bridgehead atoms. The number of phenolic OH excluding ortho intramolecular Hbond substituents is 1. The fourth-order valence-electron chi connectivity index (χ4n) is 5.67. The van der Waals surface area contributed by atoms with E-state index in [2.05, 4.69) is 4.98 Å². The maximum Gasteiger partial charge on any atom is 0.259 e. The summed E-state index contributed by atoms with van der Waals surface area (Å²) < 4.78 is 4.86. The number of aliphatic hydroxyl groups excluding tert-OH is 2. The standard InChI is InChI=1S/C25H15NO9/c1-35-11-7-10(27)13-14(18(11)28)20(30)16-15(19(13)29)22(32)25(23(16)33)4-2-9-6-8-3-5-26-24(34)12(8)21(31)17(9)25/h3,5-7,31-33H,2,4H2,1H3,(H,26,34). The first kappa shape index (κ1) is 20.8. The van der Waals surface area contributed by atoms with Gasteiger partial charge in [-0.2, -0.15) is 0 Å². The molecule has 2 aromatic rings. The maximum absolute atomic E-state index is 13.4. The van der Waals surface area contributed by atoms with Crippen LogP contribution >= 0.6 is 0 Å². The van der Waals surface area contributed by atoms with Gasteiger partial charge in [-0.05, 0) is 29.9 Å². The van der Waals surface area contributed by atoms with Crippen LogP contribution in [0.5, 0.6) is 11.5 Å². The van der Waals surface area contributed by atoms with Gasteiger partial charge >= 0.3 is 0 Å². The number of benzene rings is 1. The molecule has 4 aliphatic carbocycles. The van der Waals surface area contributed by atoms with Crippen LogP contribution in [0.1, 0.15) is 17.5 Å². The molecule has 1 unspecified atom stereocenters. The lowest BCUT2D eigenvalue weighted by Gasteiger charge is -2.27. The van der Waals surface area contributed by atoms with Crippen molar-refractivity contribution in [2.45, 2.75) is 18.3 Å². The Labute approximate surface area is 192 Å². The van der Waals surface area contributed by atoms with Gasteiger partial charge in [0.05, 0.1) is 33.4 Å². The number of fused-ring (bicyclic) bond motifs is 4. The van der Waals surface area contributed by atoms with Gasteiger partial charge in [-0.15, -0.1) is 0 Å². The number of aromatic nitrogens is 1. The zero-order chi connectivity index (χ0) is 25.0. The van der Waals surface area contributed by atoms with E-state index in [1.807, 2.05) is 0 Å². The van der Waals surface area contributed by atoms with Crippen molar-refractivity contribution in [1.82, 2.24) is 4.98 Å². The second-order valence-corrected chi connectivity index (χ2v) is 8.70. The monoisotopic (exact) mass is 473 g/mol. The first-order chi connectivity index (χ1) is 16.6. The van der Waals surface area contributed by atoms with E-state index in [9.17, 15) is 39.3 Å². The molecule has 35 heavy (non-hydrogen) atoms. The van der Waals surface area contributed by atoms with Crippen LogP contribution in [0.15, 0.2) is 48.4 Å². The molecule has 0 saturated heterocycles. The normalized spacial score (nSPS) is 18.5. The van der Waals surface area contributed by atoms with Crippen LogP contribution in [0.4, 0.5) is 0 Å². The van der Waals surface area contributed by atoms with Gasteiger partial charge in [-0.1, -0.05) is 6.07 Å². The Kier molecular flexibility index (Phi) is 3.84. The minimum atomic E-state index is -1.90. The van der Waals surface area contributed by atoms with E-state index < -0.39 is 76.6 Å². The predicted molar refractivity (Wildman–Crippen MR) is 123 cm³/mol. The lowest BCUT2D eigenvalue weighted by atomic mass is 9.78. The summed E-state index contributed by atoms with van der Waals surface area (Å²) in [5.74, 6) is -2.40. The molecule has 0 aliphatic heterocycles. The second kappa shape index (κ2) is 6.44. The number of hydrogen-bond donors (Lipinski definition) is 4. The quantitative estimate of drug-likeness (QED) is 0.257. The zero-order valence-electron chi connectivity index (χ0n) is 18.0. The number of rotatable bonds is 1. The summed E-state index contributed by atoms with van der Waals surface area (Å²) in [5, 5.41) is 31.5. The van der Waals surface area contributed by atoms with Crippen LogP contribution in [0.25, 0.3) is 22.3 Å². The molecule has 0 radical (unpaired) electrons. The number of nitrogens with one attached hydrogen (secondary N) is 1. The van der Waals surface area contributed by atoms with Gasteiger partial charge in [-0.3, -0.25) is 24.0 Å². The molecule has 4 N–H and O–H groups in total. The number of methoxy groups -OCH3 is 1. The minimum Gasteiger partial charge on any atom is -0.510 e. The Morgan fingerprint density at radius 3 is 2.20 bits per heavy atom. The van der Waals surface area contributed by atoms with E-state index >= 15 is 0 Å². The molecule has 174 valence electrons. The topological polar surface area (TPSA) is 171 Å². The molecule has 0 amide bonds. The summed E-state index contributed by atoms with van der Waals surface area (Å²) in [7, 11) is 1.13. The van der Waals surface area contributed by atoms with E-state index in [0.717, 1.165) is 13.2 Å². The first-order valence-electron chi connectivity index (χ1n) is 10.6. The fourth-order valence-corrected chi connectivity index (χ4v) is 5.67. The van der Waals surface area contributed by atoms with Crippen LogP contribution in [0.2, 0.25) is 0 Å². The van der Waals surface area contributed by atoms with Crippen molar-refractivity contribution in [1.29, 1.82) is 0 Å². The lowest BCUT2D eigenvalue weighted by Crippen LogP contribution is -2.51. The molecule has 1 heterocycles. The highest BCUT2D eigenvalue weighted by molar-refractivity contribution is 5.94. The Morgan fingerprint density at radius 1 is 0.886 bits per heavy atom. The molecular weight excluding hydrogens is 458 g/mol. The molecule has 6 rings (SSSR count). The summed E-state index contributed by atoms with van der Waals surface area (Å²) in [5.41, 5.74) is -6.17. The minimum absolute atomic E-state index is 0.0157. The lowest BCUT2D eigenvalue weighted by molar-refractivity contribution is 0.362. The molecule has 10 nitrogen and oxygen atoms in total. The summed E-state index contributed by atoms with van der Waals surface area (Å²) in [6.45, 7) is 0. The van der Waals surface area contributed by atoms with Gasteiger partial charge in [0.2, 0.25) is 16.3 Å². The molecule has 0 fully saturated rings. The summed E-state index contributed by atoms with van der Waals surface area (Å²) in [6, 6.07) is 3.99. The first-order valence-corrected chi connectivity index (χ1v) is 10.6. The summed E-state index contributed by atoms with van der Waals surface area (Å²) in [6.07, 6.45) is 1.60. The Bertz CT molecular complexity index is 2140. The third kappa shape index (κ3) is 2.21. The van der Waals surface area contributed by atoms with Crippen LogP contribution < -0.4 is 42.4 Å². The van der Waals surface area contributed by atoms with Crippen molar-refractivity contribution in [3.8, 4) is 11.5 Å². The molecule has 1 aromatic heterocycles. The largest absolute Gasteiger partial charge is 0.510 e. The molecule has 1 spiro atoms. The van der Waals surface area contributed by atoms with Crippen molar-refractivity contribution in [2.75, 3.05) is 7.11 Å². The number of ether oxygens (including phenoxy) is 1. The molecule has 4 aliphatic rings. The van der Waals surface area contributed by atoms with E-state index in [1.54, 1.807) is 12.1 Å². The van der Waals surface area contributed by atoms with Crippen molar-refractivity contribution < 1.29 is 20.1 Å². The van der Waals surface area contributed by atoms with Crippen molar-refractivity contribution in [2.24, 2.45) is 0 Å². The second-order valence-electron chi connectivity index (χ2n) is 8.70. The molecule has 10 heteroatoms.